The minimum atomic E-state index is -0.405. The van der Waals surface area contributed by atoms with Crippen molar-refractivity contribution in [2.45, 2.75) is 6.92 Å². The molecule has 1 fully saturated rings. The molecule has 2 heterocycles. The van der Waals surface area contributed by atoms with Crippen LogP contribution in [0.25, 0.3) is 6.08 Å². The zero-order chi connectivity index (χ0) is 16.4. The van der Waals surface area contributed by atoms with Crippen LogP contribution in [0, 0.1) is 12.3 Å². The summed E-state index contributed by atoms with van der Waals surface area (Å²) in [6.07, 6.45) is 6.79. The Morgan fingerprint density at radius 1 is 1.39 bits per heavy atom. The minimum Gasteiger partial charge on any atom is -0.493 e. The molecule has 0 unspecified atom stereocenters. The van der Waals surface area contributed by atoms with Gasteiger partial charge in [0.1, 0.15) is 5.75 Å². The molecular formula is C16H13NO5S. The average molecular weight is 331 g/mol. The Morgan fingerprint density at radius 2 is 2.13 bits per heavy atom. The van der Waals surface area contributed by atoms with Gasteiger partial charge in [-0.25, -0.2) is 0 Å². The van der Waals surface area contributed by atoms with Crippen LogP contribution in [-0.2, 0) is 4.79 Å². The van der Waals surface area contributed by atoms with Gasteiger partial charge in [-0.3, -0.25) is 14.5 Å². The lowest BCUT2D eigenvalue weighted by Gasteiger charge is -2.09. The molecule has 2 aliphatic rings. The fraction of sp³-hybridized carbons (Fsp3) is 0.250. The van der Waals surface area contributed by atoms with E-state index in [0.29, 0.717) is 34.3 Å². The highest BCUT2D eigenvalue weighted by molar-refractivity contribution is 8.18. The van der Waals surface area contributed by atoms with Gasteiger partial charge in [0.25, 0.3) is 11.1 Å². The molecule has 1 saturated heterocycles. The largest absolute Gasteiger partial charge is 0.493 e. The lowest BCUT2D eigenvalue weighted by Crippen LogP contribution is -2.28. The fourth-order valence-corrected chi connectivity index (χ4v) is 3.03. The molecule has 3 rings (SSSR count). The van der Waals surface area contributed by atoms with E-state index in [4.69, 9.17) is 20.6 Å². The summed E-state index contributed by atoms with van der Waals surface area (Å²) in [5, 5.41) is -0.377. The zero-order valence-corrected chi connectivity index (χ0v) is 13.1. The number of carbonyl (C=O) groups excluding carboxylic acids is 2. The third kappa shape index (κ3) is 2.85. The summed E-state index contributed by atoms with van der Waals surface area (Å²) in [6.45, 7) is 2.42. The second kappa shape index (κ2) is 6.26. The number of nitrogens with zero attached hydrogens (tertiary/aromatic N) is 1. The van der Waals surface area contributed by atoms with Crippen LogP contribution in [0.2, 0.25) is 0 Å². The quantitative estimate of drug-likeness (QED) is 0.624. The first-order chi connectivity index (χ1) is 11.1. The van der Waals surface area contributed by atoms with Gasteiger partial charge in [0, 0.05) is 11.6 Å². The predicted octanol–water partition coefficient (Wildman–Crippen LogP) is 2.48. The van der Waals surface area contributed by atoms with Crippen molar-refractivity contribution in [2.75, 3.05) is 19.9 Å². The number of benzene rings is 1. The number of terminal acetylenes is 1. The molecule has 0 atom stereocenters. The van der Waals surface area contributed by atoms with Crippen molar-refractivity contribution in [1.29, 1.82) is 0 Å². The Balaban J connectivity index is 1.97. The highest BCUT2D eigenvalue weighted by Gasteiger charge is 2.34. The van der Waals surface area contributed by atoms with E-state index in [1.165, 1.54) is 0 Å². The number of ether oxygens (including phenoxy) is 3. The van der Waals surface area contributed by atoms with Crippen molar-refractivity contribution in [1.82, 2.24) is 4.90 Å². The normalized spacial score (nSPS) is 17.7. The van der Waals surface area contributed by atoms with Crippen molar-refractivity contribution in [3.8, 4) is 29.6 Å². The van der Waals surface area contributed by atoms with Crippen molar-refractivity contribution in [3.05, 3.63) is 22.6 Å². The predicted molar refractivity (Wildman–Crippen MR) is 85.2 cm³/mol. The van der Waals surface area contributed by atoms with E-state index in [1.54, 1.807) is 18.2 Å². The van der Waals surface area contributed by atoms with Crippen LogP contribution >= 0.6 is 11.8 Å². The third-order valence-electron chi connectivity index (χ3n) is 3.21. The molecule has 1 aromatic rings. The molecule has 2 amide bonds. The van der Waals surface area contributed by atoms with Gasteiger partial charge in [0.2, 0.25) is 6.79 Å². The maximum Gasteiger partial charge on any atom is 0.294 e. The second-order valence-electron chi connectivity index (χ2n) is 4.65. The van der Waals surface area contributed by atoms with E-state index < -0.39 is 5.91 Å². The average Bonchev–Trinajstić information content (AvgIpc) is 3.08. The number of fused-ring (bicyclic) bond motifs is 1. The van der Waals surface area contributed by atoms with E-state index in [0.717, 1.165) is 16.7 Å². The highest BCUT2D eigenvalue weighted by atomic mass is 32.2. The molecule has 7 heteroatoms. The molecule has 0 saturated carbocycles. The number of hydrogen-bond donors (Lipinski definition) is 0. The lowest BCUT2D eigenvalue weighted by molar-refractivity contribution is -0.122. The number of amides is 2. The number of hydrogen-bond acceptors (Lipinski definition) is 6. The van der Waals surface area contributed by atoms with Gasteiger partial charge in [-0.1, -0.05) is 5.92 Å². The first-order valence-corrected chi connectivity index (χ1v) is 7.71. The summed E-state index contributed by atoms with van der Waals surface area (Å²) in [6, 6.07) is 3.44. The molecule has 23 heavy (non-hydrogen) atoms. The van der Waals surface area contributed by atoms with Crippen LogP contribution in [0.5, 0.6) is 17.2 Å². The van der Waals surface area contributed by atoms with E-state index in [1.807, 2.05) is 6.92 Å². The highest BCUT2D eigenvalue weighted by Crippen LogP contribution is 2.41. The number of carbonyl (C=O) groups is 2. The van der Waals surface area contributed by atoms with Crippen LogP contribution < -0.4 is 14.2 Å². The van der Waals surface area contributed by atoms with E-state index >= 15 is 0 Å². The third-order valence-corrected chi connectivity index (χ3v) is 4.12. The van der Waals surface area contributed by atoms with Gasteiger partial charge in [-0.05, 0) is 30.8 Å². The van der Waals surface area contributed by atoms with Gasteiger partial charge >= 0.3 is 0 Å². The Hall–Kier alpha value is -2.59. The topological polar surface area (TPSA) is 65.1 Å². The van der Waals surface area contributed by atoms with Gasteiger partial charge < -0.3 is 14.2 Å². The van der Waals surface area contributed by atoms with Crippen LogP contribution in [0.15, 0.2) is 17.0 Å². The van der Waals surface area contributed by atoms with Crippen LogP contribution in [-0.4, -0.2) is 36.0 Å². The summed E-state index contributed by atoms with van der Waals surface area (Å²) < 4.78 is 16.2. The summed E-state index contributed by atoms with van der Waals surface area (Å²) in [4.78, 5) is 25.4. The summed E-state index contributed by atoms with van der Waals surface area (Å²) in [7, 11) is 0. The smallest absolute Gasteiger partial charge is 0.294 e. The molecule has 2 aliphatic heterocycles. The van der Waals surface area contributed by atoms with Crippen molar-refractivity contribution < 1.29 is 23.8 Å². The van der Waals surface area contributed by atoms with Crippen LogP contribution in [0.3, 0.4) is 0 Å². The maximum atomic E-state index is 12.2. The van der Waals surface area contributed by atoms with Gasteiger partial charge in [-0.15, -0.1) is 6.42 Å². The number of rotatable bonds is 4. The number of imide groups is 1. The van der Waals surface area contributed by atoms with E-state index in [9.17, 15) is 9.59 Å². The lowest BCUT2D eigenvalue weighted by atomic mass is 10.1. The van der Waals surface area contributed by atoms with Gasteiger partial charge in [0.15, 0.2) is 11.5 Å². The van der Waals surface area contributed by atoms with E-state index in [-0.39, 0.29) is 18.6 Å². The van der Waals surface area contributed by atoms with Gasteiger partial charge in [0.05, 0.1) is 18.1 Å². The monoisotopic (exact) mass is 331 g/mol. The van der Waals surface area contributed by atoms with Crippen molar-refractivity contribution in [2.24, 2.45) is 0 Å². The Labute approximate surface area is 137 Å². The minimum absolute atomic E-state index is 0.0402. The molecule has 0 N–H and O–H groups in total. The Morgan fingerprint density at radius 3 is 2.83 bits per heavy atom. The molecule has 0 bridgehead atoms. The summed E-state index contributed by atoms with van der Waals surface area (Å²) in [5.41, 5.74) is 0.641. The molecule has 0 radical (unpaired) electrons. The van der Waals surface area contributed by atoms with Crippen LogP contribution in [0.4, 0.5) is 4.79 Å². The molecule has 0 aliphatic carbocycles. The van der Waals surface area contributed by atoms with Crippen molar-refractivity contribution in [3.63, 3.8) is 0 Å². The van der Waals surface area contributed by atoms with E-state index in [2.05, 4.69) is 5.92 Å². The zero-order valence-electron chi connectivity index (χ0n) is 12.3. The molecular weight excluding hydrogens is 318 g/mol. The molecule has 118 valence electrons. The standard InChI is InChI=1S/C16H13NO5S/c1-3-5-17-15(18)14(23-16(17)19)7-10-6-12-13(22-9-21-12)8-11(10)20-4-2/h1,6-8H,4-5,9H2,2H3. The summed E-state index contributed by atoms with van der Waals surface area (Å²) >= 11 is 0.852. The Bertz CT molecular complexity index is 750. The SMILES string of the molecule is C#CCN1C(=O)SC(=Cc2cc3c(cc2OCC)OCO3)C1=O. The summed E-state index contributed by atoms with van der Waals surface area (Å²) in [5.74, 6) is 3.62. The second-order valence-corrected chi connectivity index (χ2v) is 5.64. The molecule has 1 aromatic carbocycles. The maximum absolute atomic E-state index is 12.2. The molecule has 0 aromatic heterocycles. The molecule has 0 spiro atoms. The fourth-order valence-electron chi connectivity index (χ4n) is 2.20. The first kappa shape index (κ1) is 15.3. The number of thioether (sulfide) groups is 1. The van der Waals surface area contributed by atoms with Crippen LogP contribution in [0.1, 0.15) is 12.5 Å². The first-order valence-electron chi connectivity index (χ1n) is 6.89. The van der Waals surface area contributed by atoms with Gasteiger partial charge in [-0.2, -0.15) is 0 Å². The van der Waals surface area contributed by atoms with Crippen molar-refractivity contribution >= 4 is 29.0 Å². The Kier molecular flexibility index (Phi) is 4.17. The molecule has 6 nitrogen and oxygen atoms in total.